The van der Waals surface area contributed by atoms with E-state index in [9.17, 15) is 19.1 Å². The highest BCUT2D eigenvalue weighted by Gasteiger charge is 2.29. The number of nitrogens with one attached hydrogen (secondary N) is 1. The Labute approximate surface area is 226 Å². The Morgan fingerprint density at radius 3 is 2.55 bits per heavy atom. The summed E-state index contributed by atoms with van der Waals surface area (Å²) < 4.78 is 25.3. The lowest BCUT2D eigenvalue weighted by molar-refractivity contribution is -0.139. The smallest absolute Gasteiger partial charge is 0.311 e. The van der Waals surface area contributed by atoms with Gasteiger partial charge in [0.15, 0.2) is 0 Å². The van der Waals surface area contributed by atoms with Crippen molar-refractivity contribution in [3.8, 4) is 28.5 Å². The monoisotopic (exact) mass is 552 g/mol. The molecule has 0 bridgehead atoms. The zero-order valence-electron chi connectivity index (χ0n) is 19.6. The maximum absolute atomic E-state index is 13.8. The van der Waals surface area contributed by atoms with E-state index >= 15 is 0 Å². The molecular formula is C28H19Cl2FN2O5. The van der Waals surface area contributed by atoms with Crippen LogP contribution in [0, 0.1) is 5.82 Å². The predicted molar refractivity (Wildman–Crippen MR) is 141 cm³/mol. The van der Waals surface area contributed by atoms with Gasteiger partial charge < -0.3 is 19.9 Å². The second-order valence-corrected chi connectivity index (χ2v) is 9.28. The van der Waals surface area contributed by atoms with Crippen LogP contribution in [0.5, 0.6) is 17.2 Å². The minimum absolute atomic E-state index is 0.0136. The highest BCUT2D eigenvalue weighted by atomic mass is 35.5. The minimum atomic E-state index is -0.936. The van der Waals surface area contributed by atoms with E-state index in [1.807, 2.05) is 0 Å². The van der Waals surface area contributed by atoms with E-state index in [0.29, 0.717) is 51.9 Å². The van der Waals surface area contributed by atoms with Crippen molar-refractivity contribution in [1.82, 2.24) is 4.98 Å². The molecule has 10 heteroatoms. The molecule has 1 aliphatic rings. The topological polar surface area (TPSA) is 97.8 Å². The summed E-state index contributed by atoms with van der Waals surface area (Å²) in [4.78, 5) is 28.7. The fourth-order valence-corrected chi connectivity index (χ4v) is 4.36. The Kier molecular flexibility index (Phi) is 7.18. The number of carbonyl (C=O) groups excluding carboxylic acids is 1. The van der Waals surface area contributed by atoms with Crippen molar-refractivity contribution in [3.05, 3.63) is 99.8 Å². The van der Waals surface area contributed by atoms with E-state index in [0.717, 1.165) is 0 Å². The number of nitrogens with zero attached hydrogens (tertiary/aromatic N) is 1. The number of aromatic nitrogens is 1. The molecule has 1 atom stereocenters. The van der Waals surface area contributed by atoms with E-state index in [1.54, 1.807) is 60.7 Å². The number of hydrogen-bond acceptors (Lipinski definition) is 5. The van der Waals surface area contributed by atoms with Crippen molar-refractivity contribution in [2.75, 3.05) is 11.9 Å². The van der Waals surface area contributed by atoms with Crippen LogP contribution >= 0.6 is 23.2 Å². The highest BCUT2D eigenvalue weighted by Crippen LogP contribution is 2.41. The van der Waals surface area contributed by atoms with Crippen LogP contribution in [-0.2, 0) is 4.79 Å². The molecule has 0 spiro atoms. The van der Waals surface area contributed by atoms with Crippen LogP contribution in [-0.4, -0.2) is 28.6 Å². The Morgan fingerprint density at radius 1 is 1.03 bits per heavy atom. The first-order valence-corrected chi connectivity index (χ1v) is 12.2. The first kappa shape index (κ1) is 25.5. The predicted octanol–water partition coefficient (Wildman–Crippen LogP) is 7.19. The van der Waals surface area contributed by atoms with Crippen molar-refractivity contribution in [2.24, 2.45) is 0 Å². The number of anilines is 1. The summed E-state index contributed by atoms with van der Waals surface area (Å²) in [5.41, 5.74) is 1.86. The lowest BCUT2D eigenvalue weighted by Crippen LogP contribution is -2.20. The third kappa shape index (κ3) is 5.41. The maximum Gasteiger partial charge on any atom is 0.311 e. The lowest BCUT2D eigenvalue weighted by Gasteiger charge is -2.24. The van der Waals surface area contributed by atoms with E-state index in [1.165, 1.54) is 12.1 Å². The molecule has 1 aromatic heterocycles. The summed E-state index contributed by atoms with van der Waals surface area (Å²) in [6.45, 7) is 0.281. The van der Waals surface area contributed by atoms with Gasteiger partial charge in [-0.15, -0.1) is 0 Å². The molecule has 7 nitrogen and oxygen atoms in total. The molecule has 0 radical (unpaired) electrons. The number of pyridine rings is 1. The van der Waals surface area contributed by atoms with Gasteiger partial charge in [-0.2, -0.15) is 0 Å². The van der Waals surface area contributed by atoms with Gasteiger partial charge in [-0.1, -0.05) is 35.3 Å². The zero-order valence-corrected chi connectivity index (χ0v) is 21.1. The lowest BCUT2D eigenvalue weighted by atomic mass is 9.93. The van der Waals surface area contributed by atoms with Crippen LogP contribution in [0.25, 0.3) is 11.3 Å². The molecule has 0 saturated heterocycles. The number of benzene rings is 3. The molecule has 0 saturated carbocycles. The van der Waals surface area contributed by atoms with Crippen LogP contribution in [0.1, 0.15) is 28.3 Å². The number of rotatable bonds is 6. The summed E-state index contributed by atoms with van der Waals surface area (Å²) in [5.74, 6) is -1.16. The fraction of sp³-hybridized carbons (Fsp3) is 0.107. The number of amides is 1. The van der Waals surface area contributed by atoms with Gasteiger partial charge in [0, 0.05) is 22.8 Å². The normalized spacial score (nSPS) is 14.2. The largest absolute Gasteiger partial charge is 0.493 e. The summed E-state index contributed by atoms with van der Waals surface area (Å²) in [5, 5.41) is 12.4. The second kappa shape index (κ2) is 10.7. The maximum atomic E-state index is 13.8. The van der Waals surface area contributed by atoms with E-state index in [2.05, 4.69) is 10.3 Å². The van der Waals surface area contributed by atoms with E-state index in [4.69, 9.17) is 32.7 Å². The van der Waals surface area contributed by atoms with Crippen molar-refractivity contribution in [1.29, 1.82) is 0 Å². The number of hydrogen-bond donors (Lipinski definition) is 2. The molecule has 4 aromatic rings. The Morgan fingerprint density at radius 2 is 1.82 bits per heavy atom. The van der Waals surface area contributed by atoms with Gasteiger partial charge in [0.05, 0.1) is 28.3 Å². The average molecular weight is 553 g/mol. The molecule has 2 N–H and O–H groups in total. The van der Waals surface area contributed by atoms with Crippen molar-refractivity contribution < 1.29 is 28.6 Å². The Balaban J connectivity index is 1.28. The molecule has 5 rings (SSSR count). The quantitative estimate of drug-likeness (QED) is 0.262. The Bertz CT molecular complexity index is 1550. The molecule has 3 aromatic carbocycles. The van der Waals surface area contributed by atoms with Gasteiger partial charge in [0.2, 0.25) is 0 Å². The molecule has 192 valence electrons. The van der Waals surface area contributed by atoms with Crippen LogP contribution in [0.15, 0.2) is 72.8 Å². The summed E-state index contributed by atoms with van der Waals surface area (Å²) in [6, 6.07) is 18.9. The van der Waals surface area contributed by atoms with Crippen molar-refractivity contribution in [3.63, 3.8) is 0 Å². The SMILES string of the molecule is O=C(Nc1cccc(-c2ccc(Cl)c(F)c2)n1)c1ccc(Oc2cc3c(cc2Cl)C(C(=O)O)CCO3)cc1. The molecule has 1 aliphatic heterocycles. The van der Waals surface area contributed by atoms with Crippen LogP contribution in [0.4, 0.5) is 10.2 Å². The number of ether oxygens (including phenoxy) is 2. The zero-order chi connectivity index (χ0) is 26.8. The number of fused-ring (bicyclic) bond motifs is 1. The van der Waals surface area contributed by atoms with Crippen LogP contribution in [0.3, 0.4) is 0 Å². The highest BCUT2D eigenvalue weighted by molar-refractivity contribution is 6.32. The first-order valence-electron chi connectivity index (χ1n) is 11.5. The van der Waals surface area contributed by atoms with Gasteiger partial charge in [0.1, 0.15) is 28.9 Å². The summed E-state index contributed by atoms with van der Waals surface area (Å²) >= 11 is 12.1. The minimum Gasteiger partial charge on any atom is -0.493 e. The number of carbonyl (C=O) groups is 2. The number of aliphatic carboxylic acids is 1. The third-order valence-corrected chi connectivity index (χ3v) is 6.55. The van der Waals surface area contributed by atoms with Crippen molar-refractivity contribution >= 4 is 40.9 Å². The summed E-state index contributed by atoms with van der Waals surface area (Å²) in [7, 11) is 0. The van der Waals surface area contributed by atoms with Gasteiger partial charge in [-0.05, 0) is 61.0 Å². The molecule has 0 fully saturated rings. The van der Waals surface area contributed by atoms with Gasteiger partial charge >= 0.3 is 5.97 Å². The summed E-state index contributed by atoms with van der Waals surface area (Å²) in [6.07, 6.45) is 0.363. The second-order valence-electron chi connectivity index (χ2n) is 8.47. The fourth-order valence-electron chi connectivity index (χ4n) is 4.03. The number of halogens is 3. The van der Waals surface area contributed by atoms with Crippen molar-refractivity contribution in [2.45, 2.75) is 12.3 Å². The Hall–Kier alpha value is -4.14. The van der Waals surface area contributed by atoms with E-state index < -0.39 is 23.6 Å². The van der Waals surface area contributed by atoms with Gasteiger partial charge in [-0.3, -0.25) is 9.59 Å². The molecular weight excluding hydrogens is 534 g/mol. The molecule has 38 heavy (non-hydrogen) atoms. The van der Waals surface area contributed by atoms with Crippen LogP contribution in [0.2, 0.25) is 10.0 Å². The standard InChI is InChI=1S/C28H19Cl2FN2O5/c29-20-9-6-16(12-22(20)31)23-2-1-3-26(32-23)33-27(34)15-4-7-17(8-5-15)38-25-14-24-19(13-21(25)30)18(28(35)36)10-11-37-24/h1-9,12-14,18H,10-11H2,(H,35,36)(H,32,33,34). The third-order valence-electron chi connectivity index (χ3n) is 5.95. The first-order chi connectivity index (χ1) is 18.3. The number of carboxylic acids is 1. The number of carboxylic acid groups (broad SMARTS) is 1. The average Bonchev–Trinajstić information content (AvgIpc) is 2.91. The van der Waals surface area contributed by atoms with Crippen LogP contribution < -0.4 is 14.8 Å². The molecule has 1 amide bonds. The van der Waals surface area contributed by atoms with E-state index in [-0.39, 0.29) is 16.7 Å². The van der Waals surface area contributed by atoms with Gasteiger partial charge in [0.25, 0.3) is 5.91 Å². The molecule has 1 unspecified atom stereocenters. The van der Waals surface area contributed by atoms with Gasteiger partial charge in [-0.25, -0.2) is 9.37 Å². The molecule has 2 heterocycles. The molecule has 0 aliphatic carbocycles.